The van der Waals surface area contributed by atoms with Crippen molar-refractivity contribution in [2.75, 3.05) is 20.3 Å². The molecule has 0 fully saturated rings. The average Bonchev–Trinajstić information content (AvgIpc) is 2.34. The first kappa shape index (κ1) is 15.4. The molecule has 8 nitrogen and oxygen atoms in total. The van der Waals surface area contributed by atoms with Gasteiger partial charge in [-0.2, -0.15) is 4.39 Å². The first-order valence-electron chi connectivity index (χ1n) is 4.95. The highest BCUT2D eigenvalue weighted by Gasteiger charge is 2.29. The van der Waals surface area contributed by atoms with Crippen molar-refractivity contribution in [2.45, 2.75) is 4.90 Å². The number of ether oxygens (including phenoxy) is 1. The third-order valence-electron chi connectivity index (χ3n) is 1.98. The second kappa shape index (κ2) is 6.52. The molecule has 0 aliphatic carbocycles. The van der Waals surface area contributed by atoms with E-state index in [0.29, 0.717) is 0 Å². The van der Waals surface area contributed by atoms with Gasteiger partial charge in [0, 0.05) is 7.11 Å². The lowest BCUT2D eigenvalue weighted by Gasteiger charge is -2.07. The fourth-order valence-electron chi connectivity index (χ4n) is 1.18. The van der Waals surface area contributed by atoms with Gasteiger partial charge in [0.05, 0.1) is 18.1 Å². The average molecular weight is 294 g/mol. The summed E-state index contributed by atoms with van der Waals surface area (Å²) in [5.74, 6) is -1.25. The van der Waals surface area contributed by atoms with Crippen molar-refractivity contribution >= 4 is 15.7 Å². The second-order valence-corrected chi connectivity index (χ2v) is 4.89. The van der Waals surface area contributed by atoms with Gasteiger partial charge in [0.2, 0.25) is 5.82 Å². The normalized spacial score (nSPS) is 11.5. The van der Waals surface area contributed by atoms with Gasteiger partial charge in [-0.3, -0.25) is 15.0 Å². The SMILES string of the molecule is COCCONS(=O)(=O)c1cccc(F)c1[N+](=O)[O-]. The molecule has 1 aromatic carbocycles. The van der Waals surface area contributed by atoms with E-state index in [9.17, 15) is 22.9 Å². The maximum Gasteiger partial charge on any atom is 0.324 e. The molecule has 0 radical (unpaired) electrons. The van der Waals surface area contributed by atoms with Gasteiger partial charge in [-0.25, -0.2) is 8.42 Å². The first-order valence-corrected chi connectivity index (χ1v) is 6.44. The summed E-state index contributed by atoms with van der Waals surface area (Å²) in [6.45, 7) is 0.0204. The molecule has 1 N–H and O–H groups in total. The maximum atomic E-state index is 13.3. The Kier molecular flexibility index (Phi) is 5.30. The number of methoxy groups -OCH3 is 1. The molecule has 0 aliphatic heterocycles. The van der Waals surface area contributed by atoms with Gasteiger partial charge in [-0.15, -0.1) is 0 Å². The first-order chi connectivity index (χ1) is 8.90. The van der Waals surface area contributed by atoms with Crippen LogP contribution >= 0.6 is 0 Å². The van der Waals surface area contributed by atoms with E-state index in [-0.39, 0.29) is 13.2 Å². The van der Waals surface area contributed by atoms with Crippen LogP contribution < -0.4 is 4.89 Å². The van der Waals surface area contributed by atoms with Crippen molar-refractivity contribution < 1.29 is 27.3 Å². The third-order valence-corrected chi connectivity index (χ3v) is 3.23. The van der Waals surface area contributed by atoms with Crippen LogP contribution in [0.2, 0.25) is 0 Å². The highest BCUT2D eigenvalue weighted by Crippen LogP contribution is 2.26. The fraction of sp³-hybridized carbons (Fsp3) is 0.333. The lowest BCUT2D eigenvalue weighted by Crippen LogP contribution is -2.26. The number of halogens is 1. The summed E-state index contributed by atoms with van der Waals surface area (Å²) in [5.41, 5.74) is -1.13. The highest BCUT2D eigenvalue weighted by molar-refractivity contribution is 7.89. The Morgan fingerprint density at radius 1 is 1.42 bits per heavy atom. The summed E-state index contributed by atoms with van der Waals surface area (Å²) in [5, 5.41) is 10.7. The van der Waals surface area contributed by atoms with Crippen LogP contribution in [-0.4, -0.2) is 33.7 Å². The van der Waals surface area contributed by atoms with Gasteiger partial charge < -0.3 is 4.74 Å². The molecule has 10 heteroatoms. The number of nitro groups is 1. The predicted octanol–water partition coefficient (Wildman–Crippen LogP) is 0.590. The zero-order chi connectivity index (χ0) is 14.5. The van der Waals surface area contributed by atoms with Crippen LogP contribution in [0.5, 0.6) is 0 Å². The van der Waals surface area contributed by atoms with Gasteiger partial charge >= 0.3 is 5.69 Å². The fourth-order valence-corrected chi connectivity index (χ4v) is 2.19. The van der Waals surface area contributed by atoms with Crippen molar-refractivity contribution in [3.05, 3.63) is 34.1 Å². The lowest BCUT2D eigenvalue weighted by atomic mass is 10.3. The van der Waals surface area contributed by atoms with Gasteiger partial charge in [0.15, 0.2) is 4.90 Å². The van der Waals surface area contributed by atoms with E-state index in [1.807, 2.05) is 0 Å². The standard InChI is InChI=1S/C9H11FN2O6S/c1-17-5-6-18-11-19(15,16)8-4-2-3-7(10)9(8)12(13)14/h2-4,11H,5-6H2,1H3. The van der Waals surface area contributed by atoms with Crippen LogP contribution in [0.4, 0.5) is 10.1 Å². The second-order valence-electron chi connectivity index (χ2n) is 3.27. The minimum atomic E-state index is -4.35. The maximum absolute atomic E-state index is 13.3. The molecule has 0 heterocycles. The number of nitro benzene ring substituents is 1. The summed E-state index contributed by atoms with van der Waals surface area (Å²) in [6.07, 6.45) is 0. The molecule has 0 amide bonds. The van der Waals surface area contributed by atoms with Crippen molar-refractivity contribution in [1.82, 2.24) is 4.89 Å². The Morgan fingerprint density at radius 3 is 2.68 bits per heavy atom. The smallest absolute Gasteiger partial charge is 0.324 e. The Morgan fingerprint density at radius 2 is 2.11 bits per heavy atom. The van der Waals surface area contributed by atoms with Crippen LogP contribution in [0, 0.1) is 15.9 Å². The zero-order valence-electron chi connectivity index (χ0n) is 9.83. The van der Waals surface area contributed by atoms with E-state index in [1.54, 1.807) is 4.89 Å². The minimum Gasteiger partial charge on any atom is -0.382 e. The Bertz CT molecular complexity index is 562. The number of hydrogen-bond donors (Lipinski definition) is 1. The molecule has 0 saturated heterocycles. The molecule has 0 atom stereocenters. The number of nitrogens with one attached hydrogen (secondary N) is 1. The molecule has 19 heavy (non-hydrogen) atoms. The summed E-state index contributed by atoms with van der Waals surface area (Å²) in [7, 11) is -2.96. The Labute approximate surface area is 108 Å². The van der Waals surface area contributed by atoms with E-state index < -0.39 is 31.3 Å². The van der Waals surface area contributed by atoms with Gasteiger partial charge in [-0.05, 0) is 12.1 Å². The number of benzene rings is 1. The number of hydrogen-bond acceptors (Lipinski definition) is 6. The van der Waals surface area contributed by atoms with Gasteiger partial charge in [0.1, 0.15) is 0 Å². The summed E-state index contributed by atoms with van der Waals surface area (Å²) in [4.78, 5) is 15.0. The molecule has 0 unspecified atom stereocenters. The van der Waals surface area contributed by atoms with Crippen LogP contribution in [-0.2, 0) is 19.6 Å². The van der Waals surface area contributed by atoms with Crippen LogP contribution in [0.1, 0.15) is 0 Å². The van der Waals surface area contributed by atoms with Gasteiger partial charge in [0.25, 0.3) is 10.0 Å². The van der Waals surface area contributed by atoms with Gasteiger partial charge in [-0.1, -0.05) is 11.0 Å². The van der Waals surface area contributed by atoms with E-state index in [1.165, 1.54) is 7.11 Å². The number of para-hydroxylation sites is 1. The summed E-state index contributed by atoms with van der Waals surface area (Å²) in [6, 6.07) is 2.75. The Balaban J connectivity index is 3.01. The predicted molar refractivity (Wildman–Crippen MR) is 61.2 cm³/mol. The minimum absolute atomic E-state index is 0.0984. The van der Waals surface area contributed by atoms with Crippen LogP contribution in [0.3, 0.4) is 0 Å². The molecular formula is C9H11FN2O6S. The molecule has 0 bridgehead atoms. The molecule has 1 rings (SSSR count). The topological polar surface area (TPSA) is 108 Å². The van der Waals surface area contributed by atoms with E-state index in [4.69, 9.17) is 0 Å². The van der Waals surface area contributed by atoms with Crippen LogP contribution in [0.15, 0.2) is 23.1 Å². The monoisotopic (exact) mass is 294 g/mol. The van der Waals surface area contributed by atoms with Crippen molar-refractivity contribution in [2.24, 2.45) is 0 Å². The molecule has 0 saturated carbocycles. The molecule has 106 valence electrons. The largest absolute Gasteiger partial charge is 0.382 e. The summed E-state index contributed by atoms with van der Waals surface area (Å²) < 4.78 is 41.3. The molecule has 1 aromatic rings. The summed E-state index contributed by atoms with van der Waals surface area (Å²) >= 11 is 0. The third kappa shape index (κ3) is 3.92. The number of nitrogens with zero attached hydrogens (tertiary/aromatic N) is 1. The highest BCUT2D eigenvalue weighted by atomic mass is 32.2. The molecule has 0 spiro atoms. The lowest BCUT2D eigenvalue weighted by molar-refractivity contribution is -0.390. The molecule has 0 aliphatic rings. The van der Waals surface area contributed by atoms with E-state index >= 15 is 0 Å². The van der Waals surface area contributed by atoms with Crippen LogP contribution in [0.25, 0.3) is 0 Å². The van der Waals surface area contributed by atoms with Crippen molar-refractivity contribution in [1.29, 1.82) is 0 Å². The van der Waals surface area contributed by atoms with E-state index in [0.717, 1.165) is 18.2 Å². The number of rotatable bonds is 7. The van der Waals surface area contributed by atoms with E-state index in [2.05, 4.69) is 9.57 Å². The van der Waals surface area contributed by atoms with Crippen molar-refractivity contribution in [3.63, 3.8) is 0 Å². The quantitative estimate of drug-likeness (QED) is 0.448. The Hall–Kier alpha value is -1.62. The number of sulfonamides is 1. The molecular weight excluding hydrogens is 283 g/mol. The molecule has 0 aromatic heterocycles. The van der Waals surface area contributed by atoms with Crippen molar-refractivity contribution in [3.8, 4) is 0 Å². The zero-order valence-corrected chi connectivity index (χ0v) is 10.6.